The molecule has 0 aromatic carbocycles. The molecule has 0 saturated heterocycles. The van der Waals surface area contributed by atoms with Crippen molar-refractivity contribution in [1.29, 1.82) is 0 Å². The van der Waals surface area contributed by atoms with Crippen molar-refractivity contribution in [1.82, 2.24) is 13.9 Å². The predicted octanol–water partition coefficient (Wildman–Crippen LogP) is 1.12. The molecule has 0 amide bonds. The van der Waals surface area contributed by atoms with Crippen LogP contribution in [0.25, 0.3) is 11.2 Å². The number of esters is 1. The first-order valence-electron chi connectivity index (χ1n) is 6.32. The zero-order valence-corrected chi connectivity index (χ0v) is 13.1. The number of ether oxygens (including phenoxy) is 1. The van der Waals surface area contributed by atoms with Gasteiger partial charge >= 0.3 is 5.97 Å². The fourth-order valence-corrected chi connectivity index (χ4v) is 2.54. The molecular formula is C13H17N3O4S. The Morgan fingerprint density at radius 2 is 2.05 bits per heavy atom. The van der Waals surface area contributed by atoms with E-state index < -0.39 is 21.6 Å². The minimum absolute atomic E-state index is 0.00966. The van der Waals surface area contributed by atoms with Gasteiger partial charge in [0.1, 0.15) is 11.1 Å². The topological polar surface area (TPSA) is 91.1 Å². The average molecular weight is 311 g/mol. The van der Waals surface area contributed by atoms with Crippen molar-refractivity contribution in [3.8, 4) is 0 Å². The van der Waals surface area contributed by atoms with Gasteiger partial charge in [-0.2, -0.15) is 0 Å². The quantitative estimate of drug-likeness (QED) is 0.789. The fraction of sp³-hybridized carbons (Fsp3) is 0.462. The Balaban J connectivity index is 2.27. The molecule has 0 aliphatic rings. The molecule has 0 bridgehead atoms. The summed E-state index contributed by atoms with van der Waals surface area (Å²) in [5.41, 5.74) is 0.531. The highest BCUT2D eigenvalue weighted by molar-refractivity contribution is 7.89. The van der Waals surface area contributed by atoms with E-state index in [9.17, 15) is 13.2 Å². The summed E-state index contributed by atoms with van der Waals surface area (Å²) in [5.74, 6) is -0.404. The largest absolute Gasteiger partial charge is 0.460 e. The first-order valence-corrected chi connectivity index (χ1v) is 8.16. The Kier molecular flexibility index (Phi) is 3.75. The summed E-state index contributed by atoms with van der Waals surface area (Å²) in [6.07, 6.45) is 3.85. The van der Waals surface area contributed by atoms with Crippen molar-refractivity contribution >= 4 is 27.2 Å². The van der Waals surface area contributed by atoms with Gasteiger partial charge < -0.3 is 4.74 Å². The van der Waals surface area contributed by atoms with Gasteiger partial charge in [-0.25, -0.2) is 22.4 Å². The lowest BCUT2D eigenvalue weighted by Gasteiger charge is -2.19. The van der Waals surface area contributed by atoms with E-state index in [4.69, 9.17) is 4.74 Å². The molecular weight excluding hydrogens is 294 g/mol. The summed E-state index contributed by atoms with van der Waals surface area (Å²) in [6, 6.07) is 1.54. The van der Waals surface area contributed by atoms with E-state index >= 15 is 0 Å². The smallest absolute Gasteiger partial charge is 0.312 e. The second kappa shape index (κ2) is 5.10. The van der Waals surface area contributed by atoms with E-state index in [0.717, 1.165) is 10.2 Å². The molecule has 0 radical (unpaired) electrons. The lowest BCUT2D eigenvalue weighted by Crippen LogP contribution is -2.25. The lowest BCUT2D eigenvalue weighted by atomic mass is 10.2. The minimum Gasteiger partial charge on any atom is -0.460 e. The maximum Gasteiger partial charge on any atom is 0.312 e. The second-order valence-corrected chi connectivity index (χ2v) is 7.57. The normalized spacial score (nSPS) is 12.6. The Labute approximate surface area is 123 Å². The van der Waals surface area contributed by atoms with Crippen molar-refractivity contribution in [2.75, 3.05) is 6.26 Å². The number of rotatable bonds is 3. The highest BCUT2D eigenvalue weighted by atomic mass is 32.2. The monoisotopic (exact) mass is 311 g/mol. The molecule has 0 saturated carbocycles. The zero-order valence-electron chi connectivity index (χ0n) is 12.3. The van der Waals surface area contributed by atoms with E-state index in [2.05, 4.69) is 9.97 Å². The molecule has 2 aromatic rings. The van der Waals surface area contributed by atoms with Crippen molar-refractivity contribution in [2.45, 2.75) is 32.8 Å². The van der Waals surface area contributed by atoms with Gasteiger partial charge in [0.25, 0.3) is 0 Å². The van der Waals surface area contributed by atoms with E-state index in [1.807, 2.05) is 0 Å². The number of carbonyl (C=O) groups is 1. The fourth-order valence-electron chi connectivity index (χ4n) is 1.80. The summed E-state index contributed by atoms with van der Waals surface area (Å²) < 4.78 is 29.4. The Morgan fingerprint density at radius 3 is 2.62 bits per heavy atom. The van der Waals surface area contributed by atoms with E-state index in [1.54, 1.807) is 26.8 Å². The number of nitrogens with zero attached hydrogens (tertiary/aromatic N) is 3. The average Bonchev–Trinajstić information content (AvgIpc) is 2.68. The molecule has 0 aliphatic heterocycles. The van der Waals surface area contributed by atoms with Crippen LogP contribution >= 0.6 is 0 Å². The van der Waals surface area contributed by atoms with Crippen LogP contribution in [0.1, 0.15) is 26.5 Å². The third kappa shape index (κ3) is 3.78. The third-order valence-corrected chi connectivity index (χ3v) is 3.52. The molecule has 0 N–H and O–H groups in total. The van der Waals surface area contributed by atoms with Gasteiger partial charge in [-0.1, -0.05) is 0 Å². The highest BCUT2D eigenvalue weighted by Gasteiger charge is 2.18. The van der Waals surface area contributed by atoms with E-state index in [0.29, 0.717) is 11.2 Å². The van der Waals surface area contributed by atoms with Crippen LogP contribution in [0.4, 0.5) is 0 Å². The number of hydrogen-bond donors (Lipinski definition) is 0. The summed E-state index contributed by atoms with van der Waals surface area (Å²) in [5, 5.41) is 0. The highest BCUT2D eigenvalue weighted by Crippen LogP contribution is 2.14. The number of carbonyl (C=O) groups excluding carboxylic acids is 1. The third-order valence-electron chi connectivity index (χ3n) is 2.51. The van der Waals surface area contributed by atoms with Crippen LogP contribution in [0.15, 0.2) is 18.5 Å². The molecule has 2 heterocycles. The van der Waals surface area contributed by atoms with E-state index in [1.165, 1.54) is 12.4 Å². The van der Waals surface area contributed by atoms with Gasteiger partial charge in [-0.15, -0.1) is 0 Å². The first-order chi connectivity index (χ1) is 9.56. The lowest BCUT2D eigenvalue weighted by molar-refractivity contribution is -0.154. The molecule has 7 nitrogen and oxygen atoms in total. The van der Waals surface area contributed by atoms with Crippen LogP contribution in [0.2, 0.25) is 0 Å². The summed E-state index contributed by atoms with van der Waals surface area (Å²) in [4.78, 5) is 20.0. The predicted molar refractivity (Wildman–Crippen MR) is 77.3 cm³/mol. The molecule has 0 atom stereocenters. The zero-order chi connectivity index (χ0) is 15.8. The minimum atomic E-state index is -3.42. The van der Waals surface area contributed by atoms with Gasteiger partial charge in [0, 0.05) is 6.20 Å². The first kappa shape index (κ1) is 15.4. The van der Waals surface area contributed by atoms with Crippen molar-refractivity contribution < 1.29 is 17.9 Å². The van der Waals surface area contributed by atoms with Gasteiger partial charge in [-0.05, 0) is 26.8 Å². The number of aromatic nitrogens is 3. The van der Waals surface area contributed by atoms with Gasteiger partial charge in [0.15, 0.2) is 5.65 Å². The van der Waals surface area contributed by atoms with Crippen LogP contribution in [-0.2, 0) is 26.0 Å². The van der Waals surface area contributed by atoms with Crippen molar-refractivity contribution in [2.24, 2.45) is 0 Å². The molecule has 0 spiro atoms. The molecule has 2 aromatic heterocycles. The number of hydrogen-bond acceptors (Lipinski definition) is 6. The molecule has 0 unspecified atom stereocenters. The maximum atomic E-state index is 11.7. The van der Waals surface area contributed by atoms with Crippen LogP contribution in [-0.4, -0.2) is 40.2 Å². The van der Waals surface area contributed by atoms with E-state index in [-0.39, 0.29) is 12.1 Å². The van der Waals surface area contributed by atoms with Crippen LogP contribution in [0.3, 0.4) is 0 Å². The van der Waals surface area contributed by atoms with Crippen molar-refractivity contribution in [3.63, 3.8) is 0 Å². The van der Waals surface area contributed by atoms with Crippen LogP contribution in [0.5, 0.6) is 0 Å². The summed E-state index contributed by atoms with van der Waals surface area (Å²) in [7, 11) is -3.42. The molecule has 21 heavy (non-hydrogen) atoms. The van der Waals surface area contributed by atoms with Crippen LogP contribution in [0, 0.1) is 0 Å². The molecule has 8 heteroatoms. The van der Waals surface area contributed by atoms with Gasteiger partial charge in [-0.3, -0.25) is 4.79 Å². The standard InChI is InChI=1S/C13H17N3O4S/c1-13(2,3)20-11(17)7-9-8-14-12-10(15-9)5-6-16(12)21(4,18)19/h5-6,8H,7H2,1-4H3. The number of fused-ring (bicyclic) bond motifs is 1. The molecule has 2 rings (SSSR count). The van der Waals surface area contributed by atoms with Crippen LogP contribution < -0.4 is 0 Å². The molecule has 0 aliphatic carbocycles. The van der Waals surface area contributed by atoms with Gasteiger partial charge in [0.05, 0.1) is 24.6 Å². The summed E-state index contributed by atoms with van der Waals surface area (Å²) >= 11 is 0. The Morgan fingerprint density at radius 1 is 1.38 bits per heavy atom. The Bertz CT molecular complexity index is 787. The second-order valence-electron chi connectivity index (χ2n) is 5.71. The SMILES string of the molecule is CC(C)(C)OC(=O)Cc1cnc2c(ccn2S(C)(=O)=O)n1. The molecule has 114 valence electrons. The Hall–Kier alpha value is -1.96. The van der Waals surface area contributed by atoms with Gasteiger partial charge in [0.2, 0.25) is 10.0 Å². The maximum absolute atomic E-state index is 11.7. The molecule has 0 fully saturated rings. The summed E-state index contributed by atoms with van der Waals surface area (Å²) in [6.45, 7) is 5.35. The van der Waals surface area contributed by atoms with Crippen molar-refractivity contribution in [3.05, 3.63) is 24.2 Å².